The van der Waals surface area contributed by atoms with E-state index in [-0.39, 0.29) is 5.91 Å². The molecular formula is C12H6Br2Cl2N2O. The third-order valence-corrected chi connectivity index (χ3v) is 3.99. The van der Waals surface area contributed by atoms with Crippen molar-refractivity contribution < 1.29 is 4.79 Å². The second-order valence-corrected chi connectivity index (χ2v) is 6.17. The highest BCUT2D eigenvalue weighted by Gasteiger charge is 2.09. The zero-order chi connectivity index (χ0) is 14.0. The van der Waals surface area contributed by atoms with Crippen LogP contribution in [-0.4, -0.2) is 10.9 Å². The summed E-state index contributed by atoms with van der Waals surface area (Å²) in [4.78, 5) is 16.0. The lowest BCUT2D eigenvalue weighted by Crippen LogP contribution is -2.12. The van der Waals surface area contributed by atoms with Gasteiger partial charge in [-0.05, 0) is 40.2 Å². The van der Waals surface area contributed by atoms with Gasteiger partial charge in [-0.3, -0.25) is 4.79 Å². The maximum Gasteiger partial charge on any atom is 0.255 e. The van der Waals surface area contributed by atoms with Crippen molar-refractivity contribution in [3.63, 3.8) is 0 Å². The van der Waals surface area contributed by atoms with Crippen LogP contribution in [0.1, 0.15) is 10.4 Å². The Kier molecular flexibility index (Phi) is 4.84. The van der Waals surface area contributed by atoms with Crippen LogP contribution in [0, 0.1) is 0 Å². The fraction of sp³-hybridized carbons (Fsp3) is 0. The molecule has 1 heterocycles. The molecule has 0 saturated carbocycles. The van der Waals surface area contributed by atoms with E-state index in [1.54, 1.807) is 24.3 Å². The van der Waals surface area contributed by atoms with Crippen molar-refractivity contribution in [1.82, 2.24) is 4.98 Å². The first-order valence-electron chi connectivity index (χ1n) is 5.04. The number of benzene rings is 1. The SMILES string of the molecule is O=C(Nc1cnc(Cl)c(Br)c1)c1cc(Cl)cc(Br)c1. The van der Waals surface area contributed by atoms with Gasteiger partial charge < -0.3 is 5.32 Å². The van der Waals surface area contributed by atoms with E-state index in [1.165, 1.54) is 6.20 Å². The molecule has 2 rings (SSSR count). The molecule has 3 nitrogen and oxygen atoms in total. The third-order valence-electron chi connectivity index (χ3n) is 2.18. The number of halogens is 4. The number of carbonyl (C=O) groups is 1. The summed E-state index contributed by atoms with van der Waals surface area (Å²) in [5.41, 5.74) is 0.989. The van der Waals surface area contributed by atoms with Crippen molar-refractivity contribution in [3.05, 3.63) is 55.1 Å². The van der Waals surface area contributed by atoms with Gasteiger partial charge in [-0.2, -0.15) is 0 Å². The van der Waals surface area contributed by atoms with Crippen LogP contribution >= 0.6 is 55.1 Å². The normalized spacial score (nSPS) is 10.3. The van der Waals surface area contributed by atoms with Gasteiger partial charge in [-0.1, -0.05) is 39.1 Å². The predicted molar refractivity (Wildman–Crippen MR) is 84.1 cm³/mol. The number of nitrogens with zero attached hydrogens (tertiary/aromatic N) is 1. The van der Waals surface area contributed by atoms with Gasteiger partial charge in [-0.15, -0.1) is 0 Å². The molecule has 1 N–H and O–H groups in total. The molecule has 0 saturated heterocycles. The van der Waals surface area contributed by atoms with Crippen LogP contribution in [0.2, 0.25) is 10.2 Å². The Labute approximate surface area is 136 Å². The van der Waals surface area contributed by atoms with Crippen molar-refractivity contribution in [2.24, 2.45) is 0 Å². The lowest BCUT2D eigenvalue weighted by Gasteiger charge is -2.07. The number of hydrogen-bond donors (Lipinski definition) is 1. The van der Waals surface area contributed by atoms with Gasteiger partial charge in [0.25, 0.3) is 5.91 Å². The molecule has 1 aromatic heterocycles. The highest BCUT2D eigenvalue weighted by atomic mass is 79.9. The first kappa shape index (κ1) is 14.8. The molecular weight excluding hydrogens is 419 g/mol. The van der Waals surface area contributed by atoms with Crippen molar-refractivity contribution in [2.45, 2.75) is 0 Å². The first-order chi connectivity index (χ1) is 8.95. The van der Waals surface area contributed by atoms with Crippen LogP contribution in [0.3, 0.4) is 0 Å². The molecule has 0 aliphatic heterocycles. The molecule has 0 radical (unpaired) electrons. The number of rotatable bonds is 2. The Morgan fingerprint density at radius 1 is 1.16 bits per heavy atom. The molecule has 0 bridgehead atoms. The van der Waals surface area contributed by atoms with Crippen LogP contribution in [0.4, 0.5) is 5.69 Å². The van der Waals surface area contributed by atoms with Crippen LogP contribution in [0.5, 0.6) is 0 Å². The van der Waals surface area contributed by atoms with Gasteiger partial charge in [0.2, 0.25) is 0 Å². The van der Waals surface area contributed by atoms with E-state index in [9.17, 15) is 4.79 Å². The summed E-state index contributed by atoms with van der Waals surface area (Å²) in [5.74, 6) is -0.278. The van der Waals surface area contributed by atoms with Crippen molar-refractivity contribution in [3.8, 4) is 0 Å². The molecule has 7 heteroatoms. The summed E-state index contributed by atoms with van der Waals surface area (Å²) in [6.45, 7) is 0. The van der Waals surface area contributed by atoms with Gasteiger partial charge >= 0.3 is 0 Å². The van der Waals surface area contributed by atoms with E-state index >= 15 is 0 Å². The summed E-state index contributed by atoms with van der Waals surface area (Å²) in [7, 11) is 0. The summed E-state index contributed by atoms with van der Waals surface area (Å²) in [6, 6.07) is 6.64. The number of anilines is 1. The third kappa shape index (κ3) is 3.92. The molecule has 0 fully saturated rings. The minimum Gasteiger partial charge on any atom is -0.321 e. The highest BCUT2D eigenvalue weighted by molar-refractivity contribution is 9.10. The molecule has 1 aromatic carbocycles. The largest absolute Gasteiger partial charge is 0.321 e. The first-order valence-corrected chi connectivity index (χ1v) is 7.38. The average Bonchev–Trinajstić information content (AvgIpc) is 2.32. The number of nitrogens with one attached hydrogen (secondary N) is 1. The van der Waals surface area contributed by atoms with Crippen molar-refractivity contribution in [2.75, 3.05) is 5.32 Å². The van der Waals surface area contributed by atoms with Gasteiger partial charge in [0.05, 0.1) is 16.4 Å². The Balaban J connectivity index is 2.22. The number of amides is 1. The number of carbonyl (C=O) groups excluding carboxylic acids is 1. The van der Waals surface area contributed by atoms with Crippen LogP contribution < -0.4 is 5.32 Å². The quantitative estimate of drug-likeness (QED) is 0.676. The lowest BCUT2D eigenvalue weighted by atomic mass is 10.2. The topological polar surface area (TPSA) is 42.0 Å². The Morgan fingerprint density at radius 2 is 1.89 bits per heavy atom. The minimum absolute atomic E-state index is 0.278. The fourth-order valence-electron chi connectivity index (χ4n) is 1.38. The molecule has 2 aromatic rings. The minimum atomic E-state index is -0.278. The van der Waals surface area contributed by atoms with Crippen LogP contribution in [0.15, 0.2) is 39.4 Å². The summed E-state index contributed by atoms with van der Waals surface area (Å²) >= 11 is 18.2. The maximum atomic E-state index is 12.0. The van der Waals surface area contributed by atoms with Crippen molar-refractivity contribution in [1.29, 1.82) is 0 Å². The average molecular weight is 425 g/mol. The fourth-order valence-corrected chi connectivity index (χ4v) is 2.69. The van der Waals surface area contributed by atoms with E-state index in [4.69, 9.17) is 23.2 Å². The van der Waals surface area contributed by atoms with E-state index in [1.807, 2.05) is 0 Å². The molecule has 0 spiro atoms. The summed E-state index contributed by atoms with van der Waals surface area (Å²) < 4.78 is 1.35. The molecule has 0 unspecified atom stereocenters. The molecule has 19 heavy (non-hydrogen) atoms. The monoisotopic (exact) mass is 422 g/mol. The summed E-state index contributed by atoms with van der Waals surface area (Å²) in [6.07, 6.45) is 1.48. The van der Waals surface area contributed by atoms with E-state index in [0.29, 0.717) is 25.9 Å². The molecule has 98 valence electrons. The summed E-state index contributed by atoms with van der Waals surface area (Å²) in [5, 5.41) is 3.53. The van der Waals surface area contributed by atoms with Gasteiger partial charge in [-0.25, -0.2) is 4.98 Å². The molecule has 0 aliphatic carbocycles. The number of pyridine rings is 1. The molecule has 0 atom stereocenters. The second-order valence-electron chi connectivity index (χ2n) is 3.61. The Morgan fingerprint density at radius 3 is 2.53 bits per heavy atom. The van der Waals surface area contributed by atoms with E-state index < -0.39 is 0 Å². The van der Waals surface area contributed by atoms with Crippen LogP contribution in [-0.2, 0) is 0 Å². The zero-order valence-corrected chi connectivity index (χ0v) is 13.9. The predicted octanol–water partition coefficient (Wildman–Crippen LogP) is 5.17. The van der Waals surface area contributed by atoms with E-state index in [0.717, 1.165) is 4.47 Å². The smallest absolute Gasteiger partial charge is 0.255 e. The van der Waals surface area contributed by atoms with Crippen LogP contribution in [0.25, 0.3) is 0 Å². The number of aromatic nitrogens is 1. The van der Waals surface area contributed by atoms with E-state index in [2.05, 4.69) is 42.2 Å². The Bertz CT molecular complexity index is 629. The Hall–Kier alpha value is -0.620. The van der Waals surface area contributed by atoms with Crippen molar-refractivity contribution >= 4 is 66.7 Å². The number of hydrogen-bond acceptors (Lipinski definition) is 2. The molecule has 0 aliphatic rings. The lowest BCUT2D eigenvalue weighted by molar-refractivity contribution is 0.102. The maximum absolute atomic E-state index is 12.0. The standard InChI is InChI=1S/C12H6Br2Cl2N2O/c13-7-1-6(2-8(15)3-7)12(19)18-9-4-10(14)11(16)17-5-9/h1-5H,(H,18,19). The van der Waals surface area contributed by atoms with Gasteiger partial charge in [0.15, 0.2) is 0 Å². The molecule has 1 amide bonds. The highest BCUT2D eigenvalue weighted by Crippen LogP contribution is 2.24. The zero-order valence-electron chi connectivity index (χ0n) is 9.25. The second kappa shape index (κ2) is 6.22. The van der Waals surface area contributed by atoms with Gasteiger partial charge in [0.1, 0.15) is 5.15 Å². The van der Waals surface area contributed by atoms with Gasteiger partial charge in [0, 0.05) is 15.1 Å².